The molecule has 118 valence electrons. The first-order valence-electron chi connectivity index (χ1n) is 7.67. The van der Waals surface area contributed by atoms with Crippen LogP contribution in [0.25, 0.3) is 0 Å². The number of halogens is 1. The van der Waals surface area contributed by atoms with Crippen molar-refractivity contribution < 1.29 is 9.84 Å². The van der Waals surface area contributed by atoms with Crippen LogP contribution in [-0.4, -0.2) is 48.9 Å². The number of nitrogens with zero attached hydrogens (tertiary/aromatic N) is 1. The maximum absolute atomic E-state index is 9.81. The number of benzene rings is 1. The minimum atomic E-state index is -0.0141. The van der Waals surface area contributed by atoms with Crippen molar-refractivity contribution in [2.45, 2.75) is 32.4 Å². The van der Waals surface area contributed by atoms with Gasteiger partial charge in [0, 0.05) is 25.7 Å². The van der Waals surface area contributed by atoms with Gasteiger partial charge >= 0.3 is 0 Å². The second-order valence-corrected chi connectivity index (χ2v) is 5.93. The molecule has 4 nitrogen and oxygen atoms in total. The summed E-state index contributed by atoms with van der Waals surface area (Å²) in [5, 5.41) is 13.8. The van der Waals surface area contributed by atoms with Crippen molar-refractivity contribution in [1.82, 2.24) is 10.2 Å². The fourth-order valence-electron chi connectivity index (χ4n) is 2.77. The number of aliphatic hydroxyl groups is 1. The summed E-state index contributed by atoms with van der Waals surface area (Å²) in [7, 11) is 0. The zero-order valence-corrected chi connectivity index (χ0v) is 13.6. The lowest BCUT2D eigenvalue weighted by Gasteiger charge is -2.39. The first-order valence-corrected chi connectivity index (χ1v) is 8.04. The Bertz CT molecular complexity index is 456. The van der Waals surface area contributed by atoms with Crippen molar-refractivity contribution in [2.24, 2.45) is 0 Å². The lowest BCUT2D eigenvalue weighted by Crippen LogP contribution is -2.51. The van der Waals surface area contributed by atoms with E-state index in [4.69, 9.17) is 16.3 Å². The van der Waals surface area contributed by atoms with Gasteiger partial charge in [-0.25, -0.2) is 0 Å². The maximum Gasteiger partial charge on any atom is 0.137 e. The molecule has 5 heteroatoms. The summed E-state index contributed by atoms with van der Waals surface area (Å²) in [6.07, 6.45) is 0.954. The van der Waals surface area contributed by atoms with Gasteiger partial charge in [0.15, 0.2) is 0 Å². The number of hydrogen-bond donors (Lipinski definition) is 2. The molecule has 0 saturated carbocycles. The highest BCUT2D eigenvalue weighted by Gasteiger charge is 2.27. The Hall–Kier alpha value is -0.810. The molecule has 0 aliphatic carbocycles. The SMILES string of the molecule is CCCOc1ccc(C(CO)N2CCNCC2C)cc1Cl. The molecular formula is C16H25ClN2O2. The molecule has 2 unspecified atom stereocenters. The quantitative estimate of drug-likeness (QED) is 0.847. The second-order valence-electron chi connectivity index (χ2n) is 5.53. The lowest BCUT2D eigenvalue weighted by molar-refractivity contribution is 0.0723. The molecule has 1 aliphatic rings. The number of aliphatic hydroxyl groups excluding tert-OH is 1. The molecule has 0 amide bonds. The molecule has 1 heterocycles. The van der Waals surface area contributed by atoms with Crippen LogP contribution in [-0.2, 0) is 0 Å². The van der Waals surface area contributed by atoms with Gasteiger partial charge < -0.3 is 15.2 Å². The standard InChI is InChI=1S/C16H25ClN2O2/c1-3-8-21-16-5-4-13(9-14(16)17)15(11-20)19-7-6-18-10-12(19)2/h4-5,9,12,15,18,20H,3,6-8,10-11H2,1-2H3. The van der Waals surface area contributed by atoms with E-state index in [0.29, 0.717) is 23.4 Å². The smallest absolute Gasteiger partial charge is 0.137 e. The van der Waals surface area contributed by atoms with E-state index in [9.17, 15) is 5.11 Å². The largest absolute Gasteiger partial charge is 0.492 e. The number of rotatable bonds is 6. The van der Waals surface area contributed by atoms with Crippen molar-refractivity contribution in [2.75, 3.05) is 32.8 Å². The topological polar surface area (TPSA) is 44.7 Å². The Kier molecular flexibility index (Phi) is 6.30. The summed E-state index contributed by atoms with van der Waals surface area (Å²) in [6, 6.07) is 6.21. The van der Waals surface area contributed by atoms with E-state index in [-0.39, 0.29) is 12.6 Å². The zero-order valence-electron chi connectivity index (χ0n) is 12.8. The molecule has 0 spiro atoms. The van der Waals surface area contributed by atoms with Crippen molar-refractivity contribution in [1.29, 1.82) is 0 Å². The van der Waals surface area contributed by atoms with Gasteiger partial charge in [0.25, 0.3) is 0 Å². The van der Waals surface area contributed by atoms with E-state index < -0.39 is 0 Å². The van der Waals surface area contributed by atoms with Gasteiger partial charge in [-0.3, -0.25) is 4.90 Å². The molecule has 0 bridgehead atoms. The molecule has 2 rings (SSSR count). The van der Waals surface area contributed by atoms with Crippen LogP contribution in [0.4, 0.5) is 0 Å². The predicted molar refractivity (Wildman–Crippen MR) is 86.1 cm³/mol. The van der Waals surface area contributed by atoms with Crippen LogP contribution in [0.1, 0.15) is 31.9 Å². The summed E-state index contributed by atoms with van der Waals surface area (Å²) in [5.41, 5.74) is 1.04. The van der Waals surface area contributed by atoms with Crippen LogP contribution in [0.3, 0.4) is 0 Å². The minimum absolute atomic E-state index is 0.0141. The molecule has 2 atom stereocenters. The number of ether oxygens (including phenoxy) is 1. The average molecular weight is 313 g/mol. The molecule has 1 saturated heterocycles. The fraction of sp³-hybridized carbons (Fsp3) is 0.625. The van der Waals surface area contributed by atoms with Gasteiger partial charge in [-0.05, 0) is 31.0 Å². The molecule has 1 fully saturated rings. The molecule has 0 radical (unpaired) electrons. The van der Waals surface area contributed by atoms with E-state index >= 15 is 0 Å². The number of piperazine rings is 1. The highest BCUT2D eigenvalue weighted by atomic mass is 35.5. The van der Waals surface area contributed by atoms with E-state index in [1.54, 1.807) is 0 Å². The van der Waals surface area contributed by atoms with Gasteiger partial charge in [0.1, 0.15) is 5.75 Å². The summed E-state index contributed by atoms with van der Waals surface area (Å²) < 4.78 is 5.60. The van der Waals surface area contributed by atoms with E-state index in [2.05, 4.69) is 24.1 Å². The lowest BCUT2D eigenvalue weighted by atomic mass is 10.0. The highest BCUT2D eigenvalue weighted by Crippen LogP contribution is 2.31. The van der Waals surface area contributed by atoms with E-state index in [1.165, 1.54) is 0 Å². The Morgan fingerprint density at radius 2 is 2.33 bits per heavy atom. The first-order chi connectivity index (χ1) is 10.2. The zero-order chi connectivity index (χ0) is 15.2. The fourth-order valence-corrected chi connectivity index (χ4v) is 3.02. The molecule has 1 aliphatic heterocycles. The van der Waals surface area contributed by atoms with Crippen LogP contribution in [0, 0.1) is 0 Å². The summed E-state index contributed by atoms with van der Waals surface area (Å²) in [5.74, 6) is 0.715. The van der Waals surface area contributed by atoms with Crippen molar-refractivity contribution in [3.8, 4) is 5.75 Å². The number of hydrogen-bond acceptors (Lipinski definition) is 4. The molecule has 1 aromatic rings. The van der Waals surface area contributed by atoms with Crippen molar-refractivity contribution >= 4 is 11.6 Å². The van der Waals surface area contributed by atoms with Crippen LogP contribution >= 0.6 is 11.6 Å². The Labute approximate surface area is 132 Å². The monoisotopic (exact) mass is 312 g/mol. The van der Waals surface area contributed by atoms with E-state index in [1.807, 2.05) is 18.2 Å². The minimum Gasteiger partial charge on any atom is -0.492 e. The third kappa shape index (κ3) is 4.10. The molecule has 1 aromatic carbocycles. The predicted octanol–water partition coefficient (Wildman–Crippen LogP) is 2.46. The van der Waals surface area contributed by atoms with Gasteiger partial charge in [0.2, 0.25) is 0 Å². The van der Waals surface area contributed by atoms with Crippen LogP contribution < -0.4 is 10.1 Å². The van der Waals surface area contributed by atoms with Crippen LogP contribution in [0.2, 0.25) is 5.02 Å². The van der Waals surface area contributed by atoms with Crippen molar-refractivity contribution in [3.05, 3.63) is 28.8 Å². The summed E-state index contributed by atoms with van der Waals surface area (Å²) in [6.45, 7) is 7.82. The van der Waals surface area contributed by atoms with E-state index in [0.717, 1.165) is 31.6 Å². The first kappa shape index (κ1) is 16.6. The van der Waals surface area contributed by atoms with Crippen LogP contribution in [0.15, 0.2) is 18.2 Å². The van der Waals surface area contributed by atoms with Gasteiger partial charge in [-0.2, -0.15) is 0 Å². The van der Waals surface area contributed by atoms with Crippen molar-refractivity contribution in [3.63, 3.8) is 0 Å². The molecule has 21 heavy (non-hydrogen) atoms. The Morgan fingerprint density at radius 3 is 2.95 bits per heavy atom. The molecule has 0 aromatic heterocycles. The van der Waals surface area contributed by atoms with Gasteiger partial charge in [-0.15, -0.1) is 0 Å². The Morgan fingerprint density at radius 1 is 1.52 bits per heavy atom. The Balaban J connectivity index is 2.16. The second kappa shape index (κ2) is 7.99. The summed E-state index contributed by atoms with van der Waals surface area (Å²) in [4.78, 5) is 2.33. The third-order valence-corrected chi connectivity index (χ3v) is 4.22. The van der Waals surface area contributed by atoms with Gasteiger partial charge in [-0.1, -0.05) is 24.6 Å². The summed E-state index contributed by atoms with van der Waals surface area (Å²) >= 11 is 6.30. The van der Waals surface area contributed by atoms with Gasteiger partial charge in [0.05, 0.1) is 24.3 Å². The third-order valence-electron chi connectivity index (χ3n) is 3.93. The number of nitrogens with one attached hydrogen (secondary N) is 1. The highest BCUT2D eigenvalue weighted by molar-refractivity contribution is 6.32. The van der Waals surface area contributed by atoms with Crippen LogP contribution in [0.5, 0.6) is 5.75 Å². The molecule has 2 N–H and O–H groups in total. The normalized spacial score (nSPS) is 21.2. The average Bonchev–Trinajstić information content (AvgIpc) is 2.49. The maximum atomic E-state index is 9.81. The molecular weight excluding hydrogens is 288 g/mol.